The van der Waals surface area contributed by atoms with E-state index in [0.717, 1.165) is 0 Å². The lowest BCUT2D eigenvalue weighted by molar-refractivity contribution is -0.116. The second-order valence-electron chi connectivity index (χ2n) is 3.40. The van der Waals surface area contributed by atoms with E-state index < -0.39 is 18.0 Å². The Kier molecular flexibility index (Phi) is 1.17. The van der Waals surface area contributed by atoms with Crippen LogP contribution in [0.2, 0.25) is 0 Å². The Morgan fingerprint density at radius 3 is 2.87 bits per heavy atom. The van der Waals surface area contributed by atoms with Gasteiger partial charge < -0.3 is 5.73 Å². The number of primary amides is 1. The molecule has 7 heteroatoms. The Labute approximate surface area is 83.8 Å². The van der Waals surface area contributed by atoms with Gasteiger partial charge in [-0.1, -0.05) is 0 Å². The lowest BCUT2D eigenvalue weighted by Crippen LogP contribution is -2.32. The molecule has 3 aliphatic heterocycles. The smallest absolute Gasteiger partial charge is 0.333 e. The van der Waals surface area contributed by atoms with E-state index in [4.69, 9.17) is 5.73 Å². The normalized spacial score (nSPS) is 22.3. The van der Waals surface area contributed by atoms with Crippen molar-refractivity contribution in [3.05, 3.63) is 23.3 Å². The molecule has 2 bridgehead atoms. The van der Waals surface area contributed by atoms with Gasteiger partial charge in [0.25, 0.3) is 5.91 Å². The van der Waals surface area contributed by atoms with Crippen molar-refractivity contribution < 1.29 is 14.4 Å². The van der Waals surface area contributed by atoms with Gasteiger partial charge in [0, 0.05) is 12.6 Å². The number of nitrogens with two attached hydrogens (primary N) is 1. The van der Waals surface area contributed by atoms with Gasteiger partial charge in [0.1, 0.15) is 5.70 Å². The molecule has 3 aliphatic rings. The van der Waals surface area contributed by atoms with Gasteiger partial charge in [-0.05, 0) is 0 Å². The van der Waals surface area contributed by atoms with E-state index in [9.17, 15) is 14.4 Å². The number of amides is 5. The van der Waals surface area contributed by atoms with Gasteiger partial charge in [0.2, 0.25) is 0 Å². The highest BCUT2D eigenvalue weighted by molar-refractivity contribution is 6.14. The molecular weight excluding hydrogens is 200 g/mol. The van der Waals surface area contributed by atoms with Crippen molar-refractivity contribution in [2.45, 2.75) is 6.42 Å². The number of carbonyl (C=O) groups excluding carboxylic acids is 3. The highest BCUT2D eigenvalue weighted by Crippen LogP contribution is 2.41. The Balaban J connectivity index is 2.15. The lowest BCUT2D eigenvalue weighted by atomic mass is 10.3. The molecular formula is C8H6N4O3. The number of nitrogens with zero attached hydrogens (tertiary/aromatic N) is 2. The van der Waals surface area contributed by atoms with Crippen molar-refractivity contribution in [1.29, 1.82) is 0 Å². The summed E-state index contributed by atoms with van der Waals surface area (Å²) in [6, 6.07) is -1.13. The molecule has 3 heterocycles. The summed E-state index contributed by atoms with van der Waals surface area (Å²) in [5, 5.41) is 2.15. The molecule has 1 fully saturated rings. The summed E-state index contributed by atoms with van der Waals surface area (Å²) in [5.74, 6) is -0.482. The van der Waals surface area contributed by atoms with E-state index >= 15 is 0 Å². The van der Waals surface area contributed by atoms with E-state index in [2.05, 4.69) is 5.32 Å². The molecule has 0 aromatic rings. The largest absolute Gasteiger partial charge is 0.351 e. The summed E-state index contributed by atoms with van der Waals surface area (Å²) in [7, 11) is 0. The van der Waals surface area contributed by atoms with Crippen LogP contribution in [0, 0.1) is 0 Å². The van der Waals surface area contributed by atoms with Crippen molar-refractivity contribution in [3.63, 3.8) is 0 Å². The number of rotatable bonds is 0. The van der Waals surface area contributed by atoms with Crippen molar-refractivity contribution in [1.82, 2.24) is 15.1 Å². The minimum Gasteiger partial charge on any atom is -0.351 e. The first kappa shape index (κ1) is 8.04. The van der Waals surface area contributed by atoms with Crippen LogP contribution in [-0.4, -0.2) is 27.8 Å². The second kappa shape index (κ2) is 2.19. The Morgan fingerprint density at radius 1 is 1.47 bits per heavy atom. The number of hydrogen-bond donors (Lipinski definition) is 2. The highest BCUT2D eigenvalue weighted by Gasteiger charge is 2.48. The summed E-state index contributed by atoms with van der Waals surface area (Å²) >= 11 is 0. The fourth-order valence-electron chi connectivity index (χ4n) is 2.01. The number of urea groups is 2. The first-order valence-corrected chi connectivity index (χ1v) is 4.27. The van der Waals surface area contributed by atoms with E-state index in [0.29, 0.717) is 17.8 Å². The number of fused-ring (bicyclic) bond motifs is 4. The molecule has 3 N–H and O–H groups in total. The van der Waals surface area contributed by atoms with Gasteiger partial charge >= 0.3 is 12.1 Å². The number of nitrogens with one attached hydrogen (secondary N) is 1. The highest BCUT2D eigenvalue weighted by atomic mass is 16.2. The minimum absolute atomic E-state index is 0.219. The monoisotopic (exact) mass is 206 g/mol. The van der Waals surface area contributed by atoms with Crippen LogP contribution < -0.4 is 11.1 Å². The number of imide groups is 1. The number of hydrogen-bond acceptors (Lipinski definition) is 3. The van der Waals surface area contributed by atoms with E-state index in [1.807, 2.05) is 0 Å². The minimum atomic E-state index is -0.653. The molecule has 0 unspecified atom stereocenters. The summed E-state index contributed by atoms with van der Waals surface area (Å²) < 4.78 is 0. The summed E-state index contributed by atoms with van der Waals surface area (Å²) in [6.07, 6.45) is 1.87. The third kappa shape index (κ3) is 0.773. The summed E-state index contributed by atoms with van der Waals surface area (Å²) in [6.45, 7) is 0. The Hall–Kier alpha value is -2.31. The maximum absolute atomic E-state index is 11.4. The summed E-state index contributed by atoms with van der Waals surface area (Å²) in [5.41, 5.74) is 6.41. The van der Waals surface area contributed by atoms with Crippen LogP contribution >= 0.6 is 0 Å². The zero-order valence-corrected chi connectivity index (χ0v) is 7.48. The maximum atomic E-state index is 11.4. The average molecular weight is 206 g/mol. The third-order valence-corrected chi connectivity index (χ3v) is 2.58. The zero-order valence-electron chi connectivity index (χ0n) is 7.48. The van der Waals surface area contributed by atoms with Crippen molar-refractivity contribution in [2.24, 2.45) is 5.73 Å². The van der Waals surface area contributed by atoms with E-state index in [1.165, 1.54) is 16.0 Å². The van der Waals surface area contributed by atoms with Crippen LogP contribution in [0.15, 0.2) is 23.3 Å². The summed E-state index contributed by atoms with van der Waals surface area (Å²) in [4.78, 5) is 36.2. The Morgan fingerprint density at radius 2 is 2.20 bits per heavy atom. The lowest BCUT2D eigenvalue weighted by Gasteiger charge is -2.19. The first-order chi connectivity index (χ1) is 7.09. The maximum Gasteiger partial charge on any atom is 0.333 e. The molecule has 5 amide bonds. The molecule has 15 heavy (non-hydrogen) atoms. The topological polar surface area (TPSA) is 95.7 Å². The fourth-order valence-corrected chi connectivity index (χ4v) is 2.01. The van der Waals surface area contributed by atoms with Gasteiger partial charge in [-0.2, -0.15) is 0 Å². The molecule has 0 aliphatic carbocycles. The van der Waals surface area contributed by atoms with Crippen LogP contribution in [-0.2, 0) is 4.79 Å². The molecule has 0 radical (unpaired) electrons. The van der Waals surface area contributed by atoms with Gasteiger partial charge in [-0.3, -0.25) is 19.9 Å². The third-order valence-electron chi connectivity index (χ3n) is 2.58. The molecule has 0 aromatic heterocycles. The second-order valence-corrected chi connectivity index (χ2v) is 3.40. The quantitative estimate of drug-likeness (QED) is 0.517. The molecule has 0 aromatic carbocycles. The van der Waals surface area contributed by atoms with Crippen molar-refractivity contribution in [2.75, 3.05) is 0 Å². The number of carbonyl (C=O) groups is 3. The van der Waals surface area contributed by atoms with Crippen molar-refractivity contribution >= 4 is 18.0 Å². The predicted octanol–water partition coefficient (Wildman–Crippen LogP) is -0.611. The van der Waals surface area contributed by atoms with E-state index in [1.54, 1.807) is 0 Å². The Bertz CT molecular complexity index is 490. The molecule has 7 nitrogen and oxygen atoms in total. The van der Waals surface area contributed by atoms with Gasteiger partial charge in [-0.25, -0.2) is 9.59 Å². The van der Waals surface area contributed by atoms with Crippen LogP contribution in [0.5, 0.6) is 0 Å². The molecule has 0 spiro atoms. The van der Waals surface area contributed by atoms with Gasteiger partial charge in [0.15, 0.2) is 0 Å². The molecule has 1 saturated heterocycles. The van der Waals surface area contributed by atoms with Gasteiger partial charge in [-0.15, -0.1) is 0 Å². The average Bonchev–Trinajstić information content (AvgIpc) is 2.77. The van der Waals surface area contributed by atoms with Crippen molar-refractivity contribution in [3.8, 4) is 0 Å². The molecule has 76 valence electrons. The standard InChI is InChI=1S/C8H6N4O3/c9-7(14)11-2-3-1-4(11)5-6(13)10-8(15)12(3)5/h2H,1H2,(H2,9,14)(H,10,13,15). The van der Waals surface area contributed by atoms with E-state index in [-0.39, 0.29) is 5.70 Å². The van der Waals surface area contributed by atoms with Crippen LogP contribution in [0.3, 0.4) is 0 Å². The SMILES string of the molecule is NC(=O)N1C=C2CC1=C1C(=O)NC(=O)N21. The zero-order chi connectivity index (χ0) is 10.7. The van der Waals surface area contributed by atoms with Crippen LogP contribution in [0.25, 0.3) is 0 Å². The fraction of sp³-hybridized carbons (Fsp3) is 0.125. The first-order valence-electron chi connectivity index (χ1n) is 4.27. The molecule has 0 atom stereocenters. The van der Waals surface area contributed by atoms with Gasteiger partial charge in [0.05, 0.1) is 11.4 Å². The van der Waals surface area contributed by atoms with Crippen LogP contribution in [0.1, 0.15) is 6.42 Å². The van der Waals surface area contributed by atoms with Crippen LogP contribution in [0.4, 0.5) is 9.59 Å². The molecule has 0 saturated carbocycles. The molecule has 3 rings (SSSR count). The predicted molar refractivity (Wildman–Crippen MR) is 46.5 cm³/mol.